The first kappa shape index (κ1) is 9.61. The average molecular weight is 200 g/mol. The lowest BCUT2D eigenvalue weighted by atomic mass is 10.1. The number of hydrogen-bond acceptors (Lipinski definition) is 4. The van der Waals surface area contributed by atoms with Crippen molar-refractivity contribution in [3.05, 3.63) is 42.2 Å². The van der Waals surface area contributed by atoms with Crippen molar-refractivity contribution in [2.75, 3.05) is 5.43 Å². The fourth-order valence-electron chi connectivity index (χ4n) is 1.37. The first-order valence-electron chi connectivity index (χ1n) is 4.66. The highest BCUT2D eigenvalue weighted by atomic mass is 15.3. The van der Waals surface area contributed by atoms with Crippen LogP contribution in [0.25, 0.3) is 11.3 Å². The molecule has 0 saturated carbocycles. The summed E-state index contributed by atoms with van der Waals surface area (Å²) in [5.74, 6) is 5.95. The second-order valence-corrected chi connectivity index (χ2v) is 3.26. The number of nitrogens with one attached hydrogen (secondary N) is 1. The standard InChI is InChI=1S/C11H12N4/c1-8-2-4-9(5-3-8)10-11(15-12)14-7-6-13-10/h2-7H,12H2,1H3,(H,14,15). The molecule has 15 heavy (non-hydrogen) atoms. The van der Waals surface area contributed by atoms with E-state index in [9.17, 15) is 0 Å². The molecule has 0 unspecified atom stereocenters. The van der Waals surface area contributed by atoms with Gasteiger partial charge in [0.05, 0.1) is 0 Å². The lowest BCUT2D eigenvalue weighted by Gasteiger charge is -2.06. The number of nitrogen functional groups attached to an aromatic ring is 1. The second kappa shape index (κ2) is 4.06. The van der Waals surface area contributed by atoms with Crippen LogP contribution in [0.15, 0.2) is 36.7 Å². The van der Waals surface area contributed by atoms with Crippen molar-refractivity contribution in [2.24, 2.45) is 5.84 Å². The van der Waals surface area contributed by atoms with Gasteiger partial charge in [-0.1, -0.05) is 29.8 Å². The zero-order valence-electron chi connectivity index (χ0n) is 8.44. The minimum atomic E-state index is 0.585. The molecule has 0 amide bonds. The number of rotatable bonds is 2. The van der Waals surface area contributed by atoms with Crippen LogP contribution >= 0.6 is 0 Å². The minimum Gasteiger partial charge on any atom is -0.307 e. The number of hydrogen-bond donors (Lipinski definition) is 2. The van der Waals surface area contributed by atoms with Crippen LogP contribution in [0.3, 0.4) is 0 Å². The van der Waals surface area contributed by atoms with Crippen LogP contribution in [0.2, 0.25) is 0 Å². The van der Waals surface area contributed by atoms with Crippen LogP contribution in [0.1, 0.15) is 5.56 Å². The van der Waals surface area contributed by atoms with E-state index in [0.717, 1.165) is 11.3 Å². The highest BCUT2D eigenvalue weighted by Gasteiger charge is 2.05. The second-order valence-electron chi connectivity index (χ2n) is 3.26. The number of aryl methyl sites for hydroxylation is 1. The average Bonchev–Trinajstić information content (AvgIpc) is 2.30. The van der Waals surface area contributed by atoms with Crippen LogP contribution in [-0.4, -0.2) is 9.97 Å². The van der Waals surface area contributed by atoms with Gasteiger partial charge >= 0.3 is 0 Å². The predicted molar refractivity (Wildman–Crippen MR) is 60.0 cm³/mol. The summed E-state index contributed by atoms with van der Waals surface area (Å²) >= 11 is 0. The molecular weight excluding hydrogens is 188 g/mol. The van der Waals surface area contributed by atoms with Gasteiger partial charge in [-0.25, -0.2) is 10.8 Å². The Morgan fingerprint density at radius 3 is 2.40 bits per heavy atom. The summed E-state index contributed by atoms with van der Waals surface area (Å²) < 4.78 is 0. The van der Waals surface area contributed by atoms with E-state index >= 15 is 0 Å². The molecule has 0 saturated heterocycles. The Morgan fingerprint density at radius 1 is 1.07 bits per heavy atom. The molecular formula is C11H12N4. The summed E-state index contributed by atoms with van der Waals surface area (Å²) in [6.45, 7) is 2.04. The van der Waals surface area contributed by atoms with E-state index in [4.69, 9.17) is 5.84 Å². The topological polar surface area (TPSA) is 63.8 Å². The Bertz CT molecular complexity index is 450. The molecule has 2 aromatic rings. The largest absolute Gasteiger partial charge is 0.307 e. The molecule has 4 nitrogen and oxygen atoms in total. The summed E-state index contributed by atoms with van der Waals surface area (Å²) in [6.07, 6.45) is 3.25. The lowest BCUT2D eigenvalue weighted by molar-refractivity contribution is 1.16. The van der Waals surface area contributed by atoms with Gasteiger partial charge < -0.3 is 5.43 Å². The maximum atomic E-state index is 5.37. The third-order valence-electron chi connectivity index (χ3n) is 2.16. The van der Waals surface area contributed by atoms with Crippen LogP contribution in [0, 0.1) is 6.92 Å². The summed E-state index contributed by atoms with van der Waals surface area (Å²) in [5.41, 5.74) is 5.51. The molecule has 0 aliphatic rings. The van der Waals surface area contributed by atoms with E-state index in [1.165, 1.54) is 5.56 Å². The third-order valence-corrected chi connectivity index (χ3v) is 2.16. The van der Waals surface area contributed by atoms with Crippen molar-refractivity contribution < 1.29 is 0 Å². The fourth-order valence-corrected chi connectivity index (χ4v) is 1.37. The van der Waals surface area contributed by atoms with Gasteiger partial charge in [-0.15, -0.1) is 0 Å². The Labute approximate surface area is 88.2 Å². The quantitative estimate of drug-likeness (QED) is 0.572. The Hall–Kier alpha value is -1.94. The number of nitrogens with two attached hydrogens (primary N) is 1. The highest BCUT2D eigenvalue weighted by Crippen LogP contribution is 2.22. The van der Waals surface area contributed by atoms with Crippen molar-refractivity contribution in [2.45, 2.75) is 6.92 Å². The summed E-state index contributed by atoms with van der Waals surface area (Å²) in [7, 11) is 0. The molecule has 1 aromatic carbocycles. The molecule has 0 spiro atoms. The third kappa shape index (κ3) is 1.94. The fraction of sp³-hybridized carbons (Fsp3) is 0.0909. The van der Waals surface area contributed by atoms with Crippen molar-refractivity contribution in [1.29, 1.82) is 0 Å². The van der Waals surface area contributed by atoms with Gasteiger partial charge in [-0.05, 0) is 6.92 Å². The highest BCUT2D eigenvalue weighted by molar-refractivity contribution is 5.70. The van der Waals surface area contributed by atoms with Crippen LogP contribution in [-0.2, 0) is 0 Å². The minimum absolute atomic E-state index is 0.585. The first-order chi connectivity index (χ1) is 7.31. The monoisotopic (exact) mass is 200 g/mol. The Balaban J connectivity index is 2.49. The van der Waals surface area contributed by atoms with Crippen molar-refractivity contribution >= 4 is 5.82 Å². The van der Waals surface area contributed by atoms with E-state index in [0.29, 0.717) is 5.82 Å². The van der Waals surface area contributed by atoms with Gasteiger partial charge in [0, 0.05) is 18.0 Å². The van der Waals surface area contributed by atoms with E-state index < -0.39 is 0 Å². The predicted octanol–water partition coefficient (Wildman–Crippen LogP) is 1.74. The molecule has 0 atom stereocenters. The Kier molecular flexibility index (Phi) is 2.60. The molecule has 4 heteroatoms. The molecule has 0 fully saturated rings. The summed E-state index contributed by atoms with van der Waals surface area (Å²) in [4.78, 5) is 8.34. The SMILES string of the molecule is Cc1ccc(-c2nccnc2NN)cc1. The zero-order valence-corrected chi connectivity index (χ0v) is 8.44. The van der Waals surface area contributed by atoms with Gasteiger partial charge in [0.25, 0.3) is 0 Å². The molecule has 0 bridgehead atoms. The molecule has 3 N–H and O–H groups in total. The first-order valence-corrected chi connectivity index (χ1v) is 4.66. The molecule has 0 aliphatic heterocycles. The smallest absolute Gasteiger partial charge is 0.166 e. The number of benzene rings is 1. The van der Waals surface area contributed by atoms with Gasteiger partial charge in [-0.3, -0.25) is 4.98 Å². The Morgan fingerprint density at radius 2 is 1.73 bits per heavy atom. The normalized spacial score (nSPS) is 10.0. The van der Waals surface area contributed by atoms with E-state index in [-0.39, 0.29) is 0 Å². The molecule has 1 heterocycles. The summed E-state index contributed by atoms with van der Waals surface area (Å²) in [6, 6.07) is 8.06. The van der Waals surface area contributed by atoms with Gasteiger partial charge in [-0.2, -0.15) is 0 Å². The van der Waals surface area contributed by atoms with Crippen LogP contribution < -0.4 is 11.3 Å². The number of nitrogens with zero attached hydrogens (tertiary/aromatic N) is 2. The molecule has 0 aliphatic carbocycles. The van der Waals surface area contributed by atoms with Crippen LogP contribution in [0.4, 0.5) is 5.82 Å². The van der Waals surface area contributed by atoms with Crippen molar-refractivity contribution in [3.8, 4) is 11.3 Å². The van der Waals surface area contributed by atoms with Gasteiger partial charge in [0.15, 0.2) is 5.82 Å². The van der Waals surface area contributed by atoms with Crippen LogP contribution in [0.5, 0.6) is 0 Å². The maximum absolute atomic E-state index is 5.37. The van der Waals surface area contributed by atoms with E-state index in [1.807, 2.05) is 31.2 Å². The summed E-state index contributed by atoms with van der Waals surface area (Å²) in [5, 5.41) is 0. The van der Waals surface area contributed by atoms with Gasteiger partial charge in [0.1, 0.15) is 5.69 Å². The number of hydrazine groups is 1. The van der Waals surface area contributed by atoms with E-state index in [1.54, 1.807) is 12.4 Å². The van der Waals surface area contributed by atoms with E-state index in [2.05, 4.69) is 15.4 Å². The van der Waals surface area contributed by atoms with Crippen molar-refractivity contribution in [3.63, 3.8) is 0 Å². The maximum Gasteiger partial charge on any atom is 0.166 e. The van der Waals surface area contributed by atoms with Crippen molar-refractivity contribution in [1.82, 2.24) is 9.97 Å². The molecule has 76 valence electrons. The zero-order chi connectivity index (χ0) is 10.7. The molecule has 0 radical (unpaired) electrons. The molecule has 2 rings (SSSR count). The number of aromatic nitrogens is 2. The number of anilines is 1. The lowest BCUT2D eigenvalue weighted by Crippen LogP contribution is -2.10. The van der Waals surface area contributed by atoms with Gasteiger partial charge in [0.2, 0.25) is 0 Å². The molecule has 1 aromatic heterocycles.